The van der Waals surface area contributed by atoms with E-state index < -0.39 is 16.0 Å². The third-order valence-electron chi connectivity index (χ3n) is 9.23. The number of hydrogen-bond donors (Lipinski definition) is 1. The predicted octanol–water partition coefficient (Wildman–Crippen LogP) is 10.5. The zero-order chi connectivity index (χ0) is 39.9. The number of amides is 1. The fourth-order valence-corrected chi connectivity index (χ4v) is 8.09. The lowest BCUT2D eigenvalue weighted by molar-refractivity contribution is -0.115. The van der Waals surface area contributed by atoms with Gasteiger partial charge in [-0.2, -0.15) is 0 Å². The quantitative estimate of drug-likeness (QED) is 0.106. The molecular formula is C45H50N2O7S. The molecule has 9 nitrogen and oxygen atoms in total. The van der Waals surface area contributed by atoms with Gasteiger partial charge in [-0.05, 0) is 82.0 Å². The number of anilines is 3. The van der Waals surface area contributed by atoms with Crippen molar-refractivity contribution in [3.05, 3.63) is 143 Å². The number of nitrogens with zero attached hydrogens (tertiary/aromatic N) is 1. The van der Waals surface area contributed by atoms with Gasteiger partial charge >= 0.3 is 5.97 Å². The molecule has 0 saturated heterocycles. The van der Waals surface area contributed by atoms with E-state index in [0.29, 0.717) is 16.3 Å². The number of esters is 1. The Morgan fingerprint density at radius 1 is 0.691 bits per heavy atom. The van der Waals surface area contributed by atoms with Crippen LogP contribution in [-0.2, 0) is 32.8 Å². The van der Waals surface area contributed by atoms with E-state index in [1.54, 1.807) is 36.4 Å². The maximum atomic E-state index is 14.2. The molecule has 0 fully saturated rings. The number of nitrogens with one attached hydrogen (secondary N) is 1. The zero-order valence-corrected chi connectivity index (χ0v) is 33.6. The minimum Gasteiger partial charge on any atom is -0.488 e. The lowest BCUT2D eigenvalue weighted by atomic mass is 9.89. The first-order chi connectivity index (χ1) is 26.2. The fraction of sp³-hybridized carbons (Fsp3) is 0.289. The highest BCUT2D eigenvalue weighted by molar-refractivity contribution is 7.92. The fourth-order valence-electron chi connectivity index (χ4n) is 6.33. The molecule has 0 aliphatic heterocycles. The molecule has 0 spiro atoms. The molecule has 0 aliphatic rings. The standard InChI is InChI=1S/C45H50N2O7S/c1-29(2)35-25-38(30(3)4)44(39(26-35)31(5)6)55(50,51)46-36-19-21-37(22-20-36)47(32(7)48)40-23-24-41(53-27-33-15-11-9-12-16-33)42(45(49)52-8)43(40)54-28-34-17-13-10-14-18-34/h9-26,29-31,46H,27-28H2,1-8H3. The lowest BCUT2D eigenvalue weighted by Crippen LogP contribution is -2.24. The molecule has 0 atom stereocenters. The van der Waals surface area contributed by atoms with Crippen molar-refractivity contribution >= 4 is 39.0 Å². The number of hydrogen-bond acceptors (Lipinski definition) is 7. The van der Waals surface area contributed by atoms with Gasteiger partial charge < -0.3 is 14.2 Å². The molecule has 5 aromatic carbocycles. The highest BCUT2D eigenvalue weighted by Gasteiger charge is 2.30. The molecule has 10 heteroatoms. The molecule has 0 heterocycles. The smallest absolute Gasteiger partial charge is 0.345 e. The maximum absolute atomic E-state index is 14.2. The van der Waals surface area contributed by atoms with Gasteiger partial charge in [0.15, 0.2) is 5.75 Å². The molecule has 5 rings (SSSR count). The van der Waals surface area contributed by atoms with Crippen LogP contribution >= 0.6 is 0 Å². The van der Waals surface area contributed by atoms with Gasteiger partial charge in [0.1, 0.15) is 24.5 Å². The van der Waals surface area contributed by atoms with Gasteiger partial charge in [-0.25, -0.2) is 13.2 Å². The first kappa shape index (κ1) is 40.6. The van der Waals surface area contributed by atoms with Gasteiger partial charge in [0.2, 0.25) is 5.91 Å². The van der Waals surface area contributed by atoms with Gasteiger partial charge in [-0.1, -0.05) is 114 Å². The highest BCUT2D eigenvalue weighted by atomic mass is 32.2. The Morgan fingerprint density at radius 3 is 1.69 bits per heavy atom. The highest BCUT2D eigenvalue weighted by Crippen LogP contribution is 2.43. The summed E-state index contributed by atoms with van der Waals surface area (Å²) in [6, 6.07) is 32.7. The predicted molar refractivity (Wildman–Crippen MR) is 218 cm³/mol. The monoisotopic (exact) mass is 762 g/mol. The number of carbonyl (C=O) groups excluding carboxylic acids is 2. The number of rotatable bonds is 15. The van der Waals surface area contributed by atoms with E-state index >= 15 is 0 Å². The molecule has 55 heavy (non-hydrogen) atoms. The molecule has 0 radical (unpaired) electrons. The molecule has 1 amide bonds. The summed E-state index contributed by atoms with van der Waals surface area (Å²) in [4.78, 5) is 28.7. The minimum atomic E-state index is -4.01. The van der Waals surface area contributed by atoms with Crippen LogP contribution in [0.4, 0.5) is 17.1 Å². The largest absolute Gasteiger partial charge is 0.488 e. The van der Waals surface area contributed by atoms with Crippen molar-refractivity contribution in [3.8, 4) is 11.5 Å². The average molecular weight is 763 g/mol. The van der Waals surface area contributed by atoms with Crippen molar-refractivity contribution in [1.82, 2.24) is 0 Å². The van der Waals surface area contributed by atoms with E-state index in [-0.39, 0.29) is 59.6 Å². The van der Waals surface area contributed by atoms with Crippen LogP contribution in [-0.4, -0.2) is 27.4 Å². The summed E-state index contributed by atoms with van der Waals surface area (Å²) in [5, 5.41) is 0. The summed E-state index contributed by atoms with van der Waals surface area (Å²) in [6.45, 7) is 13.9. The van der Waals surface area contributed by atoms with E-state index in [0.717, 1.165) is 27.8 Å². The van der Waals surface area contributed by atoms with Crippen LogP contribution in [0.2, 0.25) is 0 Å². The number of ether oxygens (including phenoxy) is 3. The zero-order valence-electron chi connectivity index (χ0n) is 32.8. The molecule has 0 aliphatic carbocycles. The van der Waals surface area contributed by atoms with Crippen LogP contribution in [0.3, 0.4) is 0 Å². The summed E-state index contributed by atoms with van der Waals surface area (Å²) in [7, 11) is -2.74. The van der Waals surface area contributed by atoms with Crippen LogP contribution < -0.4 is 19.1 Å². The van der Waals surface area contributed by atoms with Crippen molar-refractivity contribution in [2.75, 3.05) is 16.7 Å². The van der Waals surface area contributed by atoms with Crippen LogP contribution in [0.1, 0.15) is 104 Å². The van der Waals surface area contributed by atoms with Crippen molar-refractivity contribution in [3.63, 3.8) is 0 Å². The topological polar surface area (TPSA) is 111 Å². The number of benzene rings is 5. The molecule has 5 aromatic rings. The third-order valence-corrected chi connectivity index (χ3v) is 10.7. The molecule has 0 aromatic heterocycles. The summed E-state index contributed by atoms with van der Waals surface area (Å²) < 4.78 is 48.9. The molecule has 288 valence electrons. The van der Waals surface area contributed by atoms with Crippen molar-refractivity contribution in [2.45, 2.75) is 84.3 Å². The van der Waals surface area contributed by atoms with E-state index in [9.17, 15) is 18.0 Å². The Labute approximate surface area is 325 Å². The second kappa shape index (κ2) is 17.7. The second-order valence-electron chi connectivity index (χ2n) is 14.3. The van der Waals surface area contributed by atoms with Crippen LogP contribution in [0.25, 0.3) is 0 Å². The average Bonchev–Trinajstić information content (AvgIpc) is 3.16. The first-order valence-electron chi connectivity index (χ1n) is 18.4. The van der Waals surface area contributed by atoms with Gasteiger partial charge in [0.25, 0.3) is 10.0 Å². The van der Waals surface area contributed by atoms with Gasteiger partial charge in [0, 0.05) is 18.3 Å². The molecule has 1 N–H and O–H groups in total. The summed E-state index contributed by atoms with van der Waals surface area (Å²) in [5.41, 5.74) is 5.40. The third kappa shape index (κ3) is 9.56. The van der Waals surface area contributed by atoms with Crippen LogP contribution in [0.15, 0.2) is 114 Å². The van der Waals surface area contributed by atoms with E-state index in [1.165, 1.54) is 18.9 Å². The Hall–Kier alpha value is -5.61. The van der Waals surface area contributed by atoms with Crippen molar-refractivity contribution in [1.29, 1.82) is 0 Å². The number of methoxy groups -OCH3 is 1. The first-order valence-corrected chi connectivity index (χ1v) is 19.9. The van der Waals surface area contributed by atoms with Crippen molar-refractivity contribution < 1.29 is 32.2 Å². The summed E-state index contributed by atoms with van der Waals surface area (Å²) in [6.07, 6.45) is 0. The Morgan fingerprint density at radius 2 is 1.22 bits per heavy atom. The molecular weight excluding hydrogens is 713 g/mol. The minimum absolute atomic E-state index is 0.0212. The second-order valence-corrected chi connectivity index (χ2v) is 15.9. The van der Waals surface area contributed by atoms with E-state index in [4.69, 9.17) is 14.2 Å². The Balaban J connectivity index is 1.56. The van der Waals surface area contributed by atoms with E-state index in [1.807, 2.05) is 100 Å². The molecule has 0 unspecified atom stereocenters. The molecule has 0 saturated carbocycles. The van der Waals surface area contributed by atoms with Crippen LogP contribution in [0.5, 0.6) is 11.5 Å². The van der Waals surface area contributed by atoms with Gasteiger partial charge in [-0.15, -0.1) is 0 Å². The lowest BCUT2D eigenvalue weighted by Gasteiger charge is -2.26. The maximum Gasteiger partial charge on any atom is 0.345 e. The molecule has 0 bridgehead atoms. The van der Waals surface area contributed by atoms with Crippen LogP contribution in [0, 0.1) is 0 Å². The van der Waals surface area contributed by atoms with Gasteiger partial charge in [0.05, 0.1) is 17.7 Å². The summed E-state index contributed by atoms with van der Waals surface area (Å²) in [5.74, 6) is -0.589. The van der Waals surface area contributed by atoms with Gasteiger partial charge in [-0.3, -0.25) is 14.4 Å². The summed E-state index contributed by atoms with van der Waals surface area (Å²) >= 11 is 0. The SMILES string of the molecule is COC(=O)c1c(OCc2ccccc2)ccc(N(C(C)=O)c2ccc(NS(=O)(=O)c3c(C(C)C)cc(C(C)C)cc3C(C)C)cc2)c1OCc1ccccc1. The Kier molecular flexibility index (Phi) is 13.0. The van der Waals surface area contributed by atoms with Crippen molar-refractivity contribution in [2.24, 2.45) is 0 Å². The normalized spacial score (nSPS) is 11.5. The number of carbonyl (C=O) groups is 2. The van der Waals surface area contributed by atoms with E-state index in [2.05, 4.69) is 18.6 Å². The Bertz CT molecular complexity index is 2190. The number of sulfonamides is 1.